The van der Waals surface area contributed by atoms with Crippen molar-refractivity contribution in [1.29, 1.82) is 0 Å². The van der Waals surface area contributed by atoms with Gasteiger partial charge in [-0.05, 0) is 19.3 Å². The van der Waals surface area contributed by atoms with Crippen molar-refractivity contribution in [3.63, 3.8) is 0 Å². The highest BCUT2D eigenvalue weighted by atomic mass is 16.3. The summed E-state index contributed by atoms with van der Waals surface area (Å²) in [6.07, 6.45) is 0.770. The van der Waals surface area contributed by atoms with Crippen molar-refractivity contribution in [1.82, 2.24) is 14.6 Å². The quantitative estimate of drug-likeness (QED) is 0.832. The molecule has 5 nitrogen and oxygen atoms in total. The lowest BCUT2D eigenvalue weighted by atomic mass is 10.1. The fourth-order valence-corrected chi connectivity index (χ4v) is 2.18. The predicted molar refractivity (Wildman–Crippen MR) is 65.7 cm³/mol. The Balaban J connectivity index is 2.91. The Morgan fingerprint density at radius 2 is 2.12 bits per heavy atom. The van der Waals surface area contributed by atoms with Crippen LogP contribution in [0.4, 0.5) is 0 Å². The lowest BCUT2D eigenvalue weighted by Crippen LogP contribution is -2.17. The van der Waals surface area contributed by atoms with Crippen LogP contribution in [-0.2, 0) is 6.42 Å². The van der Waals surface area contributed by atoms with Gasteiger partial charge < -0.3 is 10.1 Å². The minimum atomic E-state index is -0.236. The molecule has 0 aromatic carbocycles. The molecule has 5 heteroatoms. The summed E-state index contributed by atoms with van der Waals surface area (Å²) in [6, 6.07) is 0. The van der Waals surface area contributed by atoms with E-state index in [1.165, 1.54) is 4.52 Å². The maximum absolute atomic E-state index is 11.9. The smallest absolute Gasteiger partial charge is 0.258 e. The molecule has 0 spiro atoms. The normalized spacial score (nSPS) is 11.6. The fourth-order valence-electron chi connectivity index (χ4n) is 2.18. The molecule has 17 heavy (non-hydrogen) atoms. The summed E-state index contributed by atoms with van der Waals surface area (Å²) in [5, 5.41) is 14.4. The van der Waals surface area contributed by atoms with Gasteiger partial charge in [0.25, 0.3) is 5.56 Å². The van der Waals surface area contributed by atoms with Crippen molar-refractivity contribution in [2.45, 2.75) is 40.0 Å². The average Bonchev–Trinajstić information content (AvgIpc) is 2.54. The number of aromatic nitrogens is 3. The van der Waals surface area contributed by atoms with Crippen LogP contribution in [0.1, 0.15) is 43.5 Å². The van der Waals surface area contributed by atoms with Crippen LogP contribution in [-0.4, -0.2) is 19.7 Å². The molecule has 2 aromatic rings. The first kappa shape index (κ1) is 11.7. The summed E-state index contributed by atoms with van der Waals surface area (Å²) < 4.78 is 1.42. The van der Waals surface area contributed by atoms with Crippen LogP contribution in [0.5, 0.6) is 5.88 Å². The van der Waals surface area contributed by atoms with E-state index in [-0.39, 0.29) is 17.4 Å². The number of nitrogens with one attached hydrogen (secondary N) is 1. The number of aromatic hydroxyl groups is 1. The molecule has 92 valence electrons. The molecule has 0 bridgehead atoms. The molecule has 0 fully saturated rings. The van der Waals surface area contributed by atoms with Gasteiger partial charge in [0.15, 0.2) is 0 Å². The van der Waals surface area contributed by atoms with Crippen molar-refractivity contribution in [2.75, 3.05) is 0 Å². The summed E-state index contributed by atoms with van der Waals surface area (Å²) >= 11 is 0. The molecular formula is C12H17N3O2. The van der Waals surface area contributed by atoms with Crippen molar-refractivity contribution >= 4 is 5.65 Å². The first-order valence-corrected chi connectivity index (χ1v) is 5.80. The van der Waals surface area contributed by atoms with Gasteiger partial charge in [-0.3, -0.25) is 4.79 Å². The Hall–Kier alpha value is -1.78. The summed E-state index contributed by atoms with van der Waals surface area (Å²) in [5.41, 5.74) is 2.53. The number of aryl methyl sites for hydroxylation is 2. The van der Waals surface area contributed by atoms with Gasteiger partial charge in [-0.15, -0.1) is 0 Å². The lowest BCUT2D eigenvalue weighted by Gasteiger charge is -2.08. The van der Waals surface area contributed by atoms with E-state index in [1.54, 1.807) is 0 Å². The van der Waals surface area contributed by atoms with Crippen molar-refractivity contribution < 1.29 is 5.11 Å². The molecule has 0 aliphatic heterocycles. The molecule has 0 amide bonds. The molecule has 2 rings (SSSR count). The monoisotopic (exact) mass is 235 g/mol. The number of hydrogen-bond donors (Lipinski definition) is 2. The second-order valence-corrected chi connectivity index (χ2v) is 4.52. The van der Waals surface area contributed by atoms with Crippen molar-refractivity contribution in [3.8, 4) is 5.88 Å². The zero-order valence-electron chi connectivity index (χ0n) is 10.5. The zero-order chi connectivity index (χ0) is 12.7. The predicted octanol–water partition coefficient (Wildman–Crippen LogP) is 1.72. The van der Waals surface area contributed by atoms with Gasteiger partial charge in [-0.25, -0.2) is 0 Å². The summed E-state index contributed by atoms with van der Waals surface area (Å²) in [4.78, 5) is 14.7. The Labute approximate surface area is 99.1 Å². The topological polar surface area (TPSA) is 70.4 Å². The fraction of sp³-hybridized carbons (Fsp3) is 0.500. The van der Waals surface area contributed by atoms with E-state index < -0.39 is 0 Å². The molecule has 0 unspecified atom stereocenters. The summed E-state index contributed by atoms with van der Waals surface area (Å²) in [7, 11) is 0. The molecule has 0 aliphatic carbocycles. The van der Waals surface area contributed by atoms with Crippen LogP contribution < -0.4 is 5.56 Å². The molecular weight excluding hydrogens is 218 g/mol. The molecule has 0 saturated carbocycles. The number of H-pyrrole nitrogens is 1. The van der Waals surface area contributed by atoms with Crippen LogP contribution in [0.3, 0.4) is 0 Å². The molecule has 2 N–H and O–H groups in total. The van der Waals surface area contributed by atoms with Crippen LogP contribution in [0.25, 0.3) is 5.65 Å². The highest BCUT2D eigenvalue weighted by molar-refractivity contribution is 5.52. The number of nitrogens with zero attached hydrogens (tertiary/aromatic N) is 2. The van der Waals surface area contributed by atoms with Crippen LogP contribution in [0.2, 0.25) is 0 Å². The van der Waals surface area contributed by atoms with E-state index in [4.69, 9.17) is 0 Å². The van der Waals surface area contributed by atoms with E-state index in [9.17, 15) is 9.90 Å². The minimum absolute atomic E-state index is 0.0438. The Morgan fingerprint density at radius 1 is 1.47 bits per heavy atom. The lowest BCUT2D eigenvalue weighted by molar-refractivity contribution is 0.422. The molecule has 2 heterocycles. The standard InChI is InChI=1S/C12H17N3O2/c1-5-8-7(4)14-15-10(8)13-11(16)9(6(2)3)12(15)17/h6,17H,5H2,1-4H3,(H,13,16). The van der Waals surface area contributed by atoms with Crippen molar-refractivity contribution in [2.24, 2.45) is 0 Å². The van der Waals surface area contributed by atoms with Crippen molar-refractivity contribution in [3.05, 3.63) is 27.2 Å². The third-order valence-electron chi connectivity index (χ3n) is 3.03. The molecule has 0 aliphatic rings. The van der Waals surface area contributed by atoms with Crippen LogP contribution >= 0.6 is 0 Å². The Bertz CT molecular complexity index is 623. The van der Waals surface area contributed by atoms with Crippen LogP contribution in [0.15, 0.2) is 4.79 Å². The highest BCUT2D eigenvalue weighted by Gasteiger charge is 2.18. The van der Waals surface area contributed by atoms with Crippen LogP contribution in [0, 0.1) is 6.92 Å². The second kappa shape index (κ2) is 3.91. The molecule has 0 atom stereocenters. The number of hydrogen-bond acceptors (Lipinski definition) is 3. The summed E-state index contributed by atoms with van der Waals surface area (Å²) in [5.74, 6) is -0.0979. The summed E-state index contributed by atoms with van der Waals surface area (Å²) in [6.45, 7) is 7.61. The Kier molecular flexibility index (Phi) is 2.69. The number of rotatable bonds is 2. The zero-order valence-corrected chi connectivity index (χ0v) is 10.5. The molecule has 2 aromatic heterocycles. The number of fused-ring (bicyclic) bond motifs is 1. The van der Waals surface area contributed by atoms with Gasteiger partial charge in [0.2, 0.25) is 5.88 Å². The third-order valence-corrected chi connectivity index (χ3v) is 3.03. The van der Waals surface area contributed by atoms with Gasteiger partial charge in [0.1, 0.15) is 5.65 Å². The van der Waals surface area contributed by atoms with Gasteiger partial charge >= 0.3 is 0 Å². The maximum Gasteiger partial charge on any atom is 0.258 e. The van der Waals surface area contributed by atoms with E-state index in [0.29, 0.717) is 11.2 Å². The third kappa shape index (κ3) is 1.62. The second-order valence-electron chi connectivity index (χ2n) is 4.52. The SMILES string of the molecule is CCc1c(C)nn2c(O)c(C(C)C)c(=O)[nH]c12. The van der Waals surface area contributed by atoms with E-state index in [2.05, 4.69) is 10.1 Å². The maximum atomic E-state index is 11.9. The Morgan fingerprint density at radius 3 is 2.65 bits per heavy atom. The van der Waals surface area contributed by atoms with Gasteiger partial charge in [-0.1, -0.05) is 20.8 Å². The first-order chi connectivity index (χ1) is 7.97. The van der Waals surface area contributed by atoms with E-state index in [1.807, 2.05) is 27.7 Å². The minimum Gasteiger partial charge on any atom is -0.493 e. The molecule has 0 radical (unpaired) electrons. The van der Waals surface area contributed by atoms with Gasteiger partial charge in [0.05, 0.1) is 11.3 Å². The highest BCUT2D eigenvalue weighted by Crippen LogP contribution is 2.24. The van der Waals surface area contributed by atoms with E-state index >= 15 is 0 Å². The number of aromatic amines is 1. The molecule has 0 saturated heterocycles. The van der Waals surface area contributed by atoms with E-state index in [0.717, 1.165) is 17.7 Å². The van der Waals surface area contributed by atoms with Gasteiger partial charge in [0, 0.05) is 5.56 Å². The first-order valence-electron chi connectivity index (χ1n) is 5.80. The largest absolute Gasteiger partial charge is 0.493 e. The average molecular weight is 235 g/mol. The van der Waals surface area contributed by atoms with Gasteiger partial charge in [-0.2, -0.15) is 9.61 Å².